The predicted molar refractivity (Wildman–Crippen MR) is 69.5 cm³/mol. The van der Waals surface area contributed by atoms with Gasteiger partial charge in [-0.2, -0.15) is 5.10 Å². The van der Waals surface area contributed by atoms with Gasteiger partial charge in [0, 0.05) is 23.8 Å². The highest BCUT2D eigenvalue weighted by Crippen LogP contribution is 2.19. The number of hydrogen-bond acceptors (Lipinski definition) is 4. The fourth-order valence-electron chi connectivity index (χ4n) is 1.65. The van der Waals surface area contributed by atoms with Crippen molar-refractivity contribution in [3.05, 3.63) is 30.5 Å². The molecule has 4 nitrogen and oxygen atoms in total. The normalized spacial score (nSPS) is 12.6. The third kappa shape index (κ3) is 2.84. The van der Waals surface area contributed by atoms with E-state index in [1.165, 1.54) is 0 Å². The lowest BCUT2D eigenvalue weighted by molar-refractivity contribution is 0.191. The molecule has 0 bridgehead atoms. The van der Waals surface area contributed by atoms with E-state index in [9.17, 15) is 0 Å². The highest BCUT2D eigenvalue weighted by molar-refractivity contribution is 6.18. The van der Waals surface area contributed by atoms with Crippen LogP contribution in [-0.2, 0) is 4.74 Å². The van der Waals surface area contributed by atoms with E-state index in [0.29, 0.717) is 12.5 Å². The molecule has 1 N–H and O–H groups in total. The average molecular weight is 252 g/mol. The maximum atomic E-state index is 5.86. The molecule has 2 aromatic rings. The summed E-state index contributed by atoms with van der Waals surface area (Å²) in [5.74, 6) is 1.20. The monoisotopic (exact) mass is 251 g/mol. The van der Waals surface area contributed by atoms with Gasteiger partial charge < -0.3 is 10.1 Å². The molecule has 0 aliphatic carbocycles. The molecule has 0 aliphatic rings. The van der Waals surface area contributed by atoms with Crippen molar-refractivity contribution in [3.8, 4) is 0 Å². The molecule has 0 aliphatic heterocycles. The van der Waals surface area contributed by atoms with Crippen molar-refractivity contribution in [1.82, 2.24) is 10.2 Å². The van der Waals surface area contributed by atoms with Crippen LogP contribution in [0.5, 0.6) is 0 Å². The number of nitrogens with one attached hydrogen (secondary N) is 1. The number of methoxy groups -OCH3 is 1. The molecule has 0 spiro atoms. The topological polar surface area (TPSA) is 47.0 Å². The van der Waals surface area contributed by atoms with Crippen LogP contribution in [0.3, 0.4) is 0 Å². The summed E-state index contributed by atoms with van der Waals surface area (Å²) in [5.41, 5.74) is 0. The van der Waals surface area contributed by atoms with E-state index in [-0.39, 0.29) is 6.04 Å². The molecule has 5 heteroatoms. The van der Waals surface area contributed by atoms with Crippen molar-refractivity contribution in [2.75, 3.05) is 24.9 Å². The van der Waals surface area contributed by atoms with Gasteiger partial charge in [0.05, 0.1) is 18.8 Å². The zero-order valence-corrected chi connectivity index (χ0v) is 10.3. The number of nitrogens with zero attached hydrogens (tertiary/aromatic N) is 2. The third-order valence-electron chi connectivity index (χ3n) is 2.47. The minimum atomic E-state index is 0.0294. The summed E-state index contributed by atoms with van der Waals surface area (Å²) in [7, 11) is 1.65. The highest BCUT2D eigenvalue weighted by Gasteiger charge is 2.10. The SMILES string of the molecule is COCC(CCl)Nc1nncc2ccccc12. The first-order valence-electron chi connectivity index (χ1n) is 5.37. The smallest absolute Gasteiger partial charge is 0.156 e. The summed E-state index contributed by atoms with van der Waals surface area (Å²) in [6.07, 6.45) is 1.74. The molecule has 0 fully saturated rings. The van der Waals surface area contributed by atoms with Gasteiger partial charge in [-0.3, -0.25) is 0 Å². The Hall–Kier alpha value is -1.39. The maximum Gasteiger partial charge on any atom is 0.156 e. The van der Waals surface area contributed by atoms with Gasteiger partial charge in [0.15, 0.2) is 5.82 Å². The van der Waals surface area contributed by atoms with Gasteiger partial charge in [0.2, 0.25) is 0 Å². The van der Waals surface area contributed by atoms with Gasteiger partial charge in [-0.25, -0.2) is 0 Å². The number of fused-ring (bicyclic) bond motifs is 1. The van der Waals surface area contributed by atoms with Gasteiger partial charge in [0.1, 0.15) is 0 Å². The molecule has 0 saturated heterocycles. The van der Waals surface area contributed by atoms with Gasteiger partial charge in [-0.05, 0) is 0 Å². The van der Waals surface area contributed by atoms with E-state index in [1.807, 2.05) is 24.3 Å². The highest BCUT2D eigenvalue weighted by atomic mass is 35.5. The number of aromatic nitrogens is 2. The molecule has 17 heavy (non-hydrogen) atoms. The standard InChI is InChI=1S/C12H14ClN3O/c1-17-8-10(6-13)15-12-11-5-3-2-4-9(11)7-14-16-12/h2-5,7,10H,6,8H2,1H3,(H,15,16). The largest absolute Gasteiger partial charge is 0.383 e. The summed E-state index contributed by atoms with van der Waals surface area (Å²) in [5, 5.41) is 13.4. The van der Waals surface area contributed by atoms with Gasteiger partial charge >= 0.3 is 0 Å². The molecule has 1 atom stereocenters. The van der Waals surface area contributed by atoms with E-state index in [1.54, 1.807) is 13.3 Å². The van der Waals surface area contributed by atoms with Crippen LogP contribution in [0.15, 0.2) is 30.5 Å². The number of anilines is 1. The minimum absolute atomic E-state index is 0.0294. The Morgan fingerprint density at radius 1 is 1.41 bits per heavy atom. The van der Waals surface area contributed by atoms with E-state index in [0.717, 1.165) is 16.6 Å². The van der Waals surface area contributed by atoms with E-state index in [2.05, 4.69) is 15.5 Å². The van der Waals surface area contributed by atoms with Gasteiger partial charge in [-0.15, -0.1) is 16.7 Å². The van der Waals surface area contributed by atoms with Crippen molar-refractivity contribution < 1.29 is 4.74 Å². The quantitative estimate of drug-likeness (QED) is 0.829. The summed E-state index contributed by atoms with van der Waals surface area (Å²) >= 11 is 5.86. The molecular formula is C12H14ClN3O. The van der Waals surface area contributed by atoms with Crippen LogP contribution in [0.2, 0.25) is 0 Å². The molecule has 1 unspecified atom stereocenters. The Bertz CT molecular complexity index is 487. The fraction of sp³-hybridized carbons (Fsp3) is 0.333. The van der Waals surface area contributed by atoms with E-state index >= 15 is 0 Å². The number of alkyl halides is 1. The Kier molecular flexibility index (Phi) is 4.12. The lowest BCUT2D eigenvalue weighted by atomic mass is 10.2. The molecule has 1 aromatic carbocycles. The van der Waals surface area contributed by atoms with E-state index < -0.39 is 0 Å². The number of benzene rings is 1. The van der Waals surface area contributed by atoms with Crippen molar-refractivity contribution in [1.29, 1.82) is 0 Å². The molecule has 0 radical (unpaired) electrons. The molecule has 2 rings (SSSR count). The van der Waals surface area contributed by atoms with Crippen LogP contribution < -0.4 is 5.32 Å². The average Bonchev–Trinajstić information content (AvgIpc) is 2.38. The molecule has 0 amide bonds. The molecule has 90 valence electrons. The summed E-state index contributed by atoms with van der Waals surface area (Å²) < 4.78 is 5.08. The molecule has 1 heterocycles. The number of hydrogen-bond donors (Lipinski definition) is 1. The zero-order chi connectivity index (χ0) is 12.1. The van der Waals surface area contributed by atoms with Crippen LogP contribution in [0.1, 0.15) is 0 Å². The molecule has 0 saturated carbocycles. The summed E-state index contributed by atoms with van der Waals surface area (Å²) in [6, 6.07) is 7.98. The van der Waals surface area contributed by atoms with Crippen molar-refractivity contribution in [2.45, 2.75) is 6.04 Å². The van der Waals surface area contributed by atoms with Crippen LogP contribution in [0.25, 0.3) is 10.8 Å². The number of rotatable bonds is 5. The Morgan fingerprint density at radius 2 is 2.24 bits per heavy atom. The van der Waals surface area contributed by atoms with Gasteiger partial charge in [-0.1, -0.05) is 24.3 Å². The van der Waals surface area contributed by atoms with Crippen LogP contribution in [0, 0.1) is 0 Å². The third-order valence-corrected chi connectivity index (χ3v) is 2.84. The predicted octanol–water partition coefficient (Wildman–Crippen LogP) is 2.30. The lowest BCUT2D eigenvalue weighted by Gasteiger charge is -2.16. The Labute approximate surface area is 105 Å². The number of halogens is 1. The Morgan fingerprint density at radius 3 is 3.00 bits per heavy atom. The minimum Gasteiger partial charge on any atom is -0.383 e. The van der Waals surface area contributed by atoms with Crippen LogP contribution >= 0.6 is 11.6 Å². The first-order valence-corrected chi connectivity index (χ1v) is 5.90. The summed E-state index contributed by atoms with van der Waals surface area (Å²) in [4.78, 5) is 0. The van der Waals surface area contributed by atoms with Crippen LogP contribution in [-0.4, -0.2) is 35.8 Å². The second kappa shape index (κ2) is 5.80. The second-order valence-electron chi connectivity index (χ2n) is 3.73. The fourth-order valence-corrected chi connectivity index (χ4v) is 1.82. The number of ether oxygens (including phenoxy) is 1. The van der Waals surface area contributed by atoms with Gasteiger partial charge in [0.25, 0.3) is 0 Å². The zero-order valence-electron chi connectivity index (χ0n) is 9.56. The first kappa shape index (κ1) is 12.1. The molecular weight excluding hydrogens is 238 g/mol. The first-order chi connectivity index (χ1) is 8.35. The Balaban J connectivity index is 2.28. The van der Waals surface area contributed by atoms with E-state index in [4.69, 9.17) is 16.3 Å². The van der Waals surface area contributed by atoms with Crippen molar-refractivity contribution >= 4 is 28.2 Å². The second-order valence-corrected chi connectivity index (χ2v) is 4.04. The van der Waals surface area contributed by atoms with Crippen molar-refractivity contribution in [3.63, 3.8) is 0 Å². The van der Waals surface area contributed by atoms with Crippen molar-refractivity contribution in [2.24, 2.45) is 0 Å². The summed E-state index contributed by atoms with van der Waals surface area (Å²) in [6.45, 7) is 0.536. The lowest BCUT2D eigenvalue weighted by Crippen LogP contribution is -2.27. The molecule has 1 aromatic heterocycles. The maximum absolute atomic E-state index is 5.86. The van der Waals surface area contributed by atoms with Crippen LogP contribution in [0.4, 0.5) is 5.82 Å².